The number of carbonyl (C=O) groups excluding carboxylic acids is 1. The molecule has 4 N–H and O–H groups in total. The van der Waals surface area contributed by atoms with Gasteiger partial charge in [0, 0.05) is 57.1 Å². The van der Waals surface area contributed by atoms with Crippen molar-refractivity contribution in [2.24, 2.45) is 5.73 Å². The first-order chi connectivity index (χ1) is 21.3. The van der Waals surface area contributed by atoms with Crippen molar-refractivity contribution in [2.75, 3.05) is 59.1 Å². The quantitative estimate of drug-likeness (QED) is 0.118. The molecular formula is C29H35F2N7O6. The first-order valence-corrected chi connectivity index (χ1v) is 13.7. The number of anilines is 3. The third-order valence-electron chi connectivity index (χ3n) is 6.72. The van der Waals surface area contributed by atoms with Gasteiger partial charge in [0.15, 0.2) is 35.2 Å². The summed E-state index contributed by atoms with van der Waals surface area (Å²) in [6.07, 6.45) is 1.34. The van der Waals surface area contributed by atoms with Crippen LogP contribution in [0.5, 0.6) is 11.5 Å². The van der Waals surface area contributed by atoms with Crippen LogP contribution in [0.15, 0.2) is 42.7 Å². The number of rotatable bonds is 17. The van der Waals surface area contributed by atoms with Gasteiger partial charge in [-0.15, -0.1) is 0 Å². The molecule has 0 fully saturated rings. The van der Waals surface area contributed by atoms with Crippen molar-refractivity contribution >= 4 is 34.1 Å². The Hall–Kier alpha value is -4.44. The number of halogens is 2. The fraction of sp³-hybridized carbons (Fsp3) is 0.379. The van der Waals surface area contributed by atoms with E-state index >= 15 is 4.39 Å². The summed E-state index contributed by atoms with van der Waals surface area (Å²) in [7, 11) is 4.59. The van der Waals surface area contributed by atoms with Crippen molar-refractivity contribution in [3.8, 4) is 11.5 Å². The lowest BCUT2D eigenvalue weighted by Crippen LogP contribution is -2.37. The molecule has 0 aliphatic heterocycles. The van der Waals surface area contributed by atoms with Crippen molar-refractivity contribution in [2.45, 2.75) is 19.1 Å². The minimum Gasteiger partial charge on any atom is -0.493 e. The van der Waals surface area contributed by atoms with E-state index in [1.54, 1.807) is 26.4 Å². The van der Waals surface area contributed by atoms with Crippen LogP contribution < -0.4 is 20.1 Å². The second-order valence-electron chi connectivity index (χ2n) is 9.65. The Bertz CT molecular complexity index is 1550. The number of aliphatic hydroxyl groups is 1. The van der Waals surface area contributed by atoms with Gasteiger partial charge in [-0.1, -0.05) is 6.07 Å². The summed E-state index contributed by atoms with van der Waals surface area (Å²) in [6, 6.07) is 8.55. The van der Waals surface area contributed by atoms with Gasteiger partial charge in [-0.25, -0.2) is 18.7 Å². The summed E-state index contributed by atoms with van der Waals surface area (Å²) in [5.74, 6) is -1.70. The molecule has 0 saturated carbocycles. The van der Waals surface area contributed by atoms with Crippen LogP contribution in [-0.4, -0.2) is 96.5 Å². The molecule has 236 valence electrons. The van der Waals surface area contributed by atoms with E-state index in [1.165, 1.54) is 36.5 Å². The van der Waals surface area contributed by atoms with Gasteiger partial charge in [0.25, 0.3) is 0 Å². The predicted molar refractivity (Wildman–Crippen MR) is 157 cm³/mol. The first-order valence-electron chi connectivity index (χ1n) is 13.7. The van der Waals surface area contributed by atoms with Crippen molar-refractivity contribution in [3.63, 3.8) is 0 Å². The van der Waals surface area contributed by atoms with E-state index in [2.05, 4.69) is 20.2 Å². The fourth-order valence-electron chi connectivity index (χ4n) is 4.62. The van der Waals surface area contributed by atoms with Gasteiger partial charge in [0.05, 0.1) is 37.9 Å². The van der Waals surface area contributed by atoms with E-state index < -0.39 is 23.8 Å². The number of H-pyrrole nitrogens is 1. The van der Waals surface area contributed by atoms with Gasteiger partial charge in [0.1, 0.15) is 12.1 Å². The van der Waals surface area contributed by atoms with Gasteiger partial charge < -0.3 is 29.8 Å². The molecule has 0 aliphatic carbocycles. The van der Waals surface area contributed by atoms with Crippen LogP contribution in [0.1, 0.15) is 12.1 Å². The molecule has 0 aliphatic rings. The molecule has 0 radical (unpaired) electrons. The number of hydrogen-bond acceptors (Lipinski definition) is 11. The average molecular weight is 616 g/mol. The summed E-state index contributed by atoms with van der Waals surface area (Å²) in [4.78, 5) is 23.5. The SMILES string of the molecule is COc1cc2c(N(c3cc(CC(N)=O)[nH]n3)c3cccc(F)c3F)ncnc2cc1OCCCN(CCO)CC(OC)OC. The van der Waals surface area contributed by atoms with Gasteiger partial charge in [-0.3, -0.25) is 19.7 Å². The number of aliphatic hydroxyl groups excluding tert-OH is 1. The Labute approximate surface area is 252 Å². The molecule has 15 heteroatoms. The van der Waals surface area contributed by atoms with Crippen LogP contribution >= 0.6 is 0 Å². The number of methoxy groups -OCH3 is 3. The summed E-state index contributed by atoms with van der Waals surface area (Å²) >= 11 is 0. The van der Waals surface area contributed by atoms with Crippen LogP contribution in [0, 0.1) is 11.6 Å². The monoisotopic (exact) mass is 615 g/mol. The Balaban J connectivity index is 1.65. The summed E-state index contributed by atoms with van der Waals surface area (Å²) in [5, 5.41) is 16.8. The van der Waals surface area contributed by atoms with E-state index in [-0.39, 0.29) is 30.4 Å². The molecule has 13 nitrogen and oxygen atoms in total. The maximum Gasteiger partial charge on any atom is 0.223 e. The number of carbonyl (C=O) groups is 1. The average Bonchev–Trinajstić information content (AvgIpc) is 3.46. The Morgan fingerprint density at radius 1 is 1.09 bits per heavy atom. The maximum atomic E-state index is 15.2. The normalized spacial score (nSPS) is 11.5. The third kappa shape index (κ3) is 7.74. The molecule has 0 unspecified atom stereocenters. The molecule has 0 saturated heterocycles. The van der Waals surface area contributed by atoms with Crippen molar-refractivity contribution in [1.29, 1.82) is 0 Å². The van der Waals surface area contributed by atoms with Gasteiger partial charge >= 0.3 is 0 Å². The molecule has 4 rings (SSSR count). The van der Waals surface area contributed by atoms with E-state index in [4.69, 9.17) is 24.7 Å². The third-order valence-corrected chi connectivity index (χ3v) is 6.72. The number of fused-ring (bicyclic) bond motifs is 1. The Morgan fingerprint density at radius 2 is 1.89 bits per heavy atom. The summed E-state index contributed by atoms with van der Waals surface area (Å²) < 4.78 is 51.8. The van der Waals surface area contributed by atoms with Crippen molar-refractivity contribution in [1.82, 2.24) is 25.1 Å². The number of hydrogen-bond donors (Lipinski definition) is 3. The Morgan fingerprint density at radius 3 is 2.59 bits per heavy atom. The molecule has 2 heterocycles. The number of amides is 1. The van der Waals surface area contributed by atoms with Gasteiger partial charge in [0.2, 0.25) is 5.91 Å². The number of nitrogens with zero attached hydrogens (tertiary/aromatic N) is 5. The highest BCUT2D eigenvalue weighted by Gasteiger charge is 2.25. The van der Waals surface area contributed by atoms with Gasteiger partial charge in [-0.2, -0.15) is 5.10 Å². The number of aromatic amines is 1. The summed E-state index contributed by atoms with van der Waals surface area (Å²) in [6.45, 7) is 1.85. The van der Waals surface area contributed by atoms with Crippen molar-refractivity contribution < 1.29 is 37.6 Å². The van der Waals surface area contributed by atoms with E-state index in [0.29, 0.717) is 60.8 Å². The zero-order valence-corrected chi connectivity index (χ0v) is 24.6. The van der Waals surface area contributed by atoms with Crippen LogP contribution in [0.3, 0.4) is 0 Å². The lowest BCUT2D eigenvalue weighted by Gasteiger charge is -2.25. The van der Waals surface area contributed by atoms with E-state index in [1.807, 2.05) is 4.90 Å². The number of nitrogens with two attached hydrogens (primary N) is 1. The minimum absolute atomic E-state index is 0.0111. The lowest BCUT2D eigenvalue weighted by molar-refractivity contribution is -0.117. The zero-order valence-electron chi connectivity index (χ0n) is 24.6. The highest BCUT2D eigenvalue weighted by molar-refractivity contribution is 5.96. The predicted octanol–water partition coefficient (Wildman–Crippen LogP) is 2.82. The van der Waals surface area contributed by atoms with Crippen LogP contribution in [-0.2, 0) is 20.7 Å². The van der Waals surface area contributed by atoms with Crippen molar-refractivity contribution in [3.05, 3.63) is 60.1 Å². The van der Waals surface area contributed by atoms with Crippen LogP contribution in [0.25, 0.3) is 10.9 Å². The van der Waals surface area contributed by atoms with Crippen LogP contribution in [0.2, 0.25) is 0 Å². The number of nitrogens with one attached hydrogen (secondary N) is 1. The van der Waals surface area contributed by atoms with Crippen LogP contribution in [0.4, 0.5) is 26.1 Å². The molecule has 4 aromatic rings. The first kappa shape index (κ1) is 32.5. The smallest absolute Gasteiger partial charge is 0.223 e. The van der Waals surface area contributed by atoms with Gasteiger partial charge in [-0.05, 0) is 24.6 Å². The lowest BCUT2D eigenvalue weighted by atomic mass is 10.1. The molecule has 2 aromatic carbocycles. The summed E-state index contributed by atoms with van der Waals surface area (Å²) in [5.41, 5.74) is 5.96. The molecular weight excluding hydrogens is 580 g/mol. The second kappa shape index (κ2) is 15.3. The molecule has 0 atom stereocenters. The molecule has 0 spiro atoms. The molecule has 1 amide bonds. The topological polar surface area (TPSA) is 161 Å². The molecule has 0 bridgehead atoms. The zero-order chi connectivity index (χ0) is 31.6. The number of primary amides is 1. The number of ether oxygens (including phenoxy) is 4. The maximum absolute atomic E-state index is 15.2. The largest absolute Gasteiger partial charge is 0.493 e. The minimum atomic E-state index is -1.12. The second-order valence-corrected chi connectivity index (χ2v) is 9.65. The molecule has 2 aromatic heterocycles. The number of benzene rings is 2. The van der Waals surface area contributed by atoms with E-state index in [9.17, 15) is 14.3 Å². The molecule has 44 heavy (non-hydrogen) atoms. The standard InChI is InChI=1S/C29H35F2N7O6/c1-41-23-14-19-21(15-24(23)44-11-5-8-37(9-10-39)16-27(42-2)43-3)33-17-34-29(19)38(22-7-4-6-20(30)28(22)31)26-13-18(35-36-26)12-25(32)40/h4,6-7,13-15,17,27,39H,5,8-12,16H2,1-3H3,(H2,32,40)(H,35,36). The fourth-order valence-corrected chi connectivity index (χ4v) is 4.62. The highest BCUT2D eigenvalue weighted by atomic mass is 19.2. The number of aromatic nitrogens is 4. The highest BCUT2D eigenvalue weighted by Crippen LogP contribution is 2.41. The Kier molecular flexibility index (Phi) is 11.3. The van der Waals surface area contributed by atoms with E-state index in [0.717, 1.165) is 6.07 Å².